The number of hydrogen-bond donors (Lipinski definition) is 2. The number of rotatable bonds is 3. The fraction of sp³-hybridized carbons (Fsp3) is 0.909. The predicted molar refractivity (Wildman–Crippen MR) is 59.3 cm³/mol. The summed E-state index contributed by atoms with van der Waals surface area (Å²) in [4.78, 5) is 12.0. The van der Waals surface area contributed by atoms with Gasteiger partial charge in [-0.3, -0.25) is 4.79 Å². The Balaban J connectivity index is 2.60. The van der Waals surface area contributed by atoms with Gasteiger partial charge in [-0.15, -0.1) is 0 Å². The summed E-state index contributed by atoms with van der Waals surface area (Å²) >= 11 is 0. The topological polar surface area (TPSA) is 64.3 Å². The molecule has 0 aliphatic carbocycles. The van der Waals surface area contributed by atoms with Crippen LogP contribution in [0, 0.1) is 11.3 Å². The third-order valence-electron chi connectivity index (χ3n) is 3.40. The van der Waals surface area contributed by atoms with Gasteiger partial charge in [-0.2, -0.15) is 0 Å². The fourth-order valence-corrected chi connectivity index (χ4v) is 1.46. The Labute approximate surface area is 91.5 Å². The summed E-state index contributed by atoms with van der Waals surface area (Å²) in [5, 5.41) is 2.99. The minimum absolute atomic E-state index is 0.00806. The average molecular weight is 214 g/mol. The van der Waals surface area contributed by atoms with Crippen LogP contribution in [0.1, 0.15) is 27.7 Å². The van der Waals surface area contributed by atoms with Gasteiger partial charge >= 0.3 is 0 Å². The van der Waals surface area contributed by atoms with Crippen LogP contribution in [0.15, 0.2) is 0 Å². The average Bonchev–Trinajstić information content (AvgIpc) is 2.48. The lowest BCUT2D eigenvalue weighted by molar-refractivity contribution is -0.131. The van der Waals surface area contributed by atoms with E-state index in [1.807, 2.05) is 13.8 Å². The number of ether oxygens (including phenoxy) is 1. The molecule has 1 amide bonds. The molecule has 3 unspecified atom stereocenters. The van der Waals surface area contributed by atoms with E-state index in [0.29, 0.717) is 19.1 Å². The molecule has 0 bridgehead atoms. The van der Waals surface area contributed by atoms with Gasteiger partial charge in [-0.25, -0.2) is 0 Å². The molecule has 1 heterocycles. The summed E-state index contributed by atoms with van der Waals surface area (Å²) < 4.78 is 5.25. The second kappa shape index (κ2) is 4.49. The Kier molecular flexibility index (Phi) is 3.73. The lowest BCUT2D eigenvalue weighted by Gasteiger charge is -2.28. The molecule has 1 aliphatic heterocycles. The van der Waals surface area contributed by atoms with Crippen molar-refractivity contribution in [1.82, 2.24) is 5.32 Å². The Morgan fingerprint density at radius 1 is 1.53 bits per heavy atom. The highest BCUT2D eigenvalue weighted by Gasteiger charge is 2.44. The molecule has 3 N–H and O–H groups in total. The van der Waals surface area contributed by atoms with E-state index in [4.69, 9.17) is 10.5 Å². The lowest BCUT2D eigenvalue weighted by Crippen LogP contribution is -2.52. The van der Waals surface area contributed by atoms with E-state index >= 15 is 0 Å². The van der Waals surface area contributed by atoms with Crippen LogP contribution in [0.5, 0.6) is 0 Å². The van der Waals surface area contributed by atoms with Gasteiger partial charge in [0, 0.05) is 12.1 Å². The van der Waals surface area contributed by atoms with Gasteiger partial charge in [0.2, 0.25) is 5.91 Å². The largest absolute Gasteiger partial charge is 0.379 e. The number of amides is 1. The smallest absolute Gasteiger partial charge is 0.230 e. The standard InChI is InChI=1S/C11H22N2O2/c1-7(2)8(3)13-10(14)11(4)6-15-5-9(11)12/h7-9H,5-6,12H2,1-4H3,(H,13,14). The van der Waals surface area contributed by atoms with E-state index in [-0.39, 0.29) is 18.0 Å². The molecule has 3 atom stereocenters. The first kappa shape index (κ1) is 12.5. The monoisotopic (exact) mass is 214 g/mol. The van der Waals surface area contributed by atoms with Crippen LogP contribution < -0.4 is 11.1 Å². The third kappa shape index (κ3) is 2.49. The number of hydrogen-bond acceptors (Lipinski definition) is 3. The molecule has 1 fully saturated rings. The number of carbonyl (C=O) groups excluding carboxylic acids is 1. The normalized spacial score (nSPS) is 33.1. The highest BCUT2D eigenvalue weighted by atomic mass is 16.5. The summed E-state index contributed by atoms with van der Waals surface area (Å²) in [6.07, 6.45) is 0. The van der Waals surface area contributed by atoms with Crippen LogP contribution in [-0.4, -0.2) is 31.2 Å². The maximum absolute atomic E-state index is 12.0. The molecule has 0 saturated carbocycles. The zero-order valence-electron chi connectivity index (χ0n) is 10.0. The van der Waals surface area contributed by atoms with Gasteiger partial charge in [0.15, 0.2) is 0 Å². The zero-order valence-corrected chi connectivity index (χ0v) is 10.0. The first-order valence-electron chi connectivity index (χ1n) is 5.52. The number of nitrogens with two attached hydrogens (primary N) is 1. The molecule has 0 radical (unpaired) electrons. The van der Waals surface area contributed by atoms with Crippen LogP contribution in [0.4, 0.5) is 0 Å². The van der Waals surface area contributed by atoms with Gasteiger partial charge < -0.3 is 15.8 Å². The Morgan fingerprint density at radius 3 is 2.53 bits per heavy atom. The maximum Gasteiger partial charge on any atom is 0.230 e. The van der Waals surface area contributed by atoms with Crippen LogP contribution in [-0.2, 0) is 9.53 Å². The quantitative estimate of drug-likeness (QED) is 0.719. The second-order valence-electron chi connectivity index (χ2n) is 5.05. The fourth-order valence-electron chi connectivity index (χ4n) is 1.46. The highest BCUT2D eigenvalue weighted by Crippen LogP contribution is 2.27. The predicted octanol–water partition coefficient (Wildman–Crippen LogP) is 0.511. The van der Waals surface area contributed by atoms with Crippen molar-refractivity contribution in [2.75, 3.05) is 13.2 Å². The number of nitrogens with one attached hydrogen (secondary N) is 1. The minimum atomic E-state index is -0.566. The molecule has 0 aromatic carbocycles. The van der Waals surface area contributed by atoms with Crippen LogP contribution in [0.3, 0.4) is 0 Å². The molecule has 88 valence electrons. The van der Waals surface area contributed by atoms with Crippen molar-refractivity contribution in [3.8, 4) is 0 Å². The molecule has 4 nitrogen and oxygen atoms in total. The second-order valence-corrected chi connectivity index (χ2v) is 5.05. The van der Waals surface area contributed by atoms with Crippen LogP contribution in [0.25, 0.3) is 0 Å². The molecule has 1 rings (SSSR count). The molecule has 0 spiro atoms. The molecule has 15 heavy (non-hydrogen) atoms. The summed E-state index contributed by atoms with van der Waals surface area (Å²) in [6.45, 7) is 8.93. The van der Waals surface area contributed by atoms with Crippen LogP contribution in [0.2, 0.25) is 0 Å². The maximum atomic E-state index is 12.0. The number of carbonyl (C=O) groups is 1. The Bertz CT molecular complexity index is 243. The van der Waals surface area contributed by atoms with Gasteiger partial charge in [0.1, 0.15) is 0 Å². The van der Waals surface area contributed by atoms with Gasteiger partial charge in [0.25, 0.3) is 0 Å². The Morgan fingerprint density at radius 2 is 2.13 bits per heavy atom. The lowest BCUT2D eigenvalue weighted by atomic mass is 9.84. The van der Waals surface area contributed by atoms with Crippen molar-refractivity contribution in [1.29, 1.82) is 0 Å². The van der Waals surface area contributed by atoms with Gasteiger partial charge in [-0.05, 0) is 19.8 Å². The van der Waals surface area contributed by atoms with Crippen molar-refractivity contribution in [3.05, 3.63) is 0 Å². The van der Waals surface area contributed by atoms with Gasteiger partial charge in [0.05, 0.1) is 18.6 Å². The van der Waals surface area contributed by atoms with Gasteiger partial charge in [-0.1, -0.05) is 13.8 Å². The first-order valence-corrected chi connectivity index (χ1v) is 5.52. The van der Waals surface area contributed by atoms with Crippen molar-refractivity contribution in [2.24, 2.45) is 17.1 Å². The van der Waals surface area contributed by atoms with E-state index in [1.165, 1.54) is 0 Å². The van der Waals surface area contributed by atoms with Crippen molar-refractivity contribution < 1.29 is 9.53 Å². The SMILES string of the molecule is CC(C)C(C)NC(=O)C1(C)COCC1N. The zero-order chi connectivity index (χ0) is 11.6. The van der Waals surface area contributed by atoms with E-state index in [1.54, 1.807) is 0 Å². The molecule has 1 saturated heterocycles. The molecule has 4 heteroatoms. The summed E-state index contributed by atoms with van der Waals surface area (Å²) in [5.74, 6) is 0.435. The minimum Gasteiger partial charge on any atom is -0.379 e. The molecule has 0 aromatic heterocycles. The van der Waals surface area contributed by atoms with Crippen molar-refractivity contribution in [3.63, 3.8) is 0 Å². The van der Waals surface area contributed by atoms with E-state index in [0.717, 1.165) is 0 Å². The highest BCUT2D eigenvalue weighted by molar-refractivity contribution is 5.83. The molecule has 0 aromatic rings. The van der Waals surface area contributed by atoms with Crippen molar-refractivity contribution >= 4 is 5.91 Å². The van der Waals surface area contributed by atoms with E-state index in [2.05, 4.69) is 19.2 Å². The Hall–Kier alpha value is -0.610. The van der Waals surface area contributed by atoms with E-state index in [9.17, 15) is 4.79 Å². The van der Waals surface area contributed by atoms with E-state index < -0.39 is 5.41 Å². The molecular formula is C11H22N2O2. The summed E-state index contributed by atoms with van der Waals surface area (Å²) in [5.41, 5.74) is 5.31. The third-order valence-corrected chi connectivity index (χ3v) is 3.40. The molecular weight excluding hydrogens is 192 g/mol. The summed E-state index contributed by atoms with van der Waals surface area (Å²) in [7, 11) is 0. The summed E-state index contributed by atoms with van der Waals surface area (Å²) in [6, 6.07) is -0.0287. The van der Waals surface area contributed by atoms with Crippen molar-refractivity contribution in [2.45, 2.75) is 39.8 Å². The molecule has 1 aliphatic rings. The first-order chi connectivity index (χ1) is 6.88. The van der Waals surface area contributed by atoms with Crippen LogP contribution >= 0.6 is 0 Å².